The molecular weight excluding hydrogens is 346 g/mol. The van der Waals surface area contributed by atoms with Gasteiger partial charge in [-0.3, -0.25) is 9.59 Å². The van der Waals surface area contributed by atoms with Crippen LogP contribution in [0.4, 0.5) is 0 Å². The third kappa shape index (κ3) is 3.41. The molecule has 1 N–H and O–H groups in total. The number of thioether (sulfide) groups is 1. The van der Waals surface area contributed by atoms with E-state index < -0.39 is 20.4 Å². The van der Waals surface area contributed by atoms with Gasteiger partial charge in [-0.05, 0) is 24.4 Å². The highest BCUT2D eigenvalue weighted by Gasteiger charge is 2.62. The second-order valence-electron chi connectivity index (χ2n) is 8.03. The molecule has 2 aliphatic rings. The fourth-order valence-corrected chi connectivity index (χ4v) is 5.19. The third-order valence-corrected chi connectivity index (χ3v) is 7.07. The van der Waals surface area contributed by atoms with Crippen LogP contribution in [0, 0.1) is 23.2 Å². The van der Waals surface area contributed by atoms with E-state index in [1.165, 1.54) is 4.90 Å². The van der Waals surface area contributed by atoms with Crippen molar-refractivity contribution in [3.63, 3.8) is 0 Å². The van der Waals surface area contributed by atoms with Gasteiger partial charge in [0.2, 0.25) is 5.91 Å². The second kappa shape index (κ2) is 6.80. The van der Waals surface area contributed by atoms with Gasteiger partial charge in [-0.1, -0.05) is 39.5 Å². The molecule has 2 heterocycles. The number of carboxylic acids is 1. The van der Waals surface area contributed by atoms with Gasteiger partial charge in [-0.25, -0.2) is 4.79 Å². The van der Waals surface area contributed by atoms with Crippen molar-refractivity contribution in [1.82, 2.24) is 4.90 Å². The van der Waals surface area contributed by atoms with Gasteiger partial charge in [0.15, 0.2) is 19.5 Å². The number of hydrogen-bond donors (Lipinski definition) is 1. The average molecular weight is 374 g/mol. The summed E-state index contributed by atoms with van der Waals surface area (Å²) in [7, 11) is -1.23. The molecule has 0 bridgehead atoms. The maximum atomic E-state index is 12.8. The molecule has 0 aromatic heterocycles. The molecule has 0 aromatic rings. The summed E-state index contributed by atoms with van der Waals surface area (Å²) in [5.41, 5.74) is -0.165. The molecule has 0 aliphatic carbocycles. The van der Waals surface area contributed by atoms with Gasteiger partial charge in [0.05, 0.1) is 12.0 Å². The van der Waals surface area contributed by atoms with E-state index in [0.717, 1.165) is 11.8 Å². The van der Waals surface area contributed by atoms with Crippen LogP contribution in [0.3, 0.4) is 0 Å². The predicted molar refractivity (Wildman–Crippen MR) is 95.1 cm³/mol. The number of fused-ring (bicyclic) bond motifs is 1. The van der Waals surface area contributed by atoms with E-state index in [0.29, 0.717) is 6.61 Å². The Morgan fingerprint density at radius 1 is 1.38 bits per heavy atom. The zero-order chi connectivity index (χ0) is 18.4. The molecule has 136 valence electrons. The molecule has 0 saturated carbocycles. The number of amides is 1. The first kappa shape index (κ1) is 19.5. The van der Waals surface area contributed by atoms with E-state index in [-0.39, 0.29) is 40.2 Å². The Morgan fingerprint density at radius 2 is 1.96 bits per heavy atom. The van der Waals surface area contributed by atoms with Crippen LogP contribution in [0.5, 0.6) is 0 Å². The first-order valence-electron chi connectivity index (χ1n) is 8.34. The molecule has 0 aromatic carbocycles. The first-order valence-corrected chi connectivity index (χ1v) is 12.0. The van der Waals surface area contributed by atoms with E-state index in [4.69, 9.17) is 4.43 Å². The van der Waals surface area contributed by atoms with Gasteiger partial charge in [0.25, 0.3) is 0 Å². The monoisotopic (exact) mass is 373 g/mol. The lowest BCUT2D eigenvalue weighted by molar-refractivity contribution is -0.178. The van der Waals surface area contributed by atoms with Crippen molar-refractivity contribution >= 4 is 37.8 Å². The van der Waals surface area contributed by atoms with Gasteiger partial charge >= 0.3 is 5.97 Å². The summed E-state index contributed by atoms with van der Waals surface area (Å²) in [4.78, 5) is 37.9. The molecule has 0 radical (unpaired) electrons. The van der Waals surface area contributed by atoms with Crippen LogP contribution < -0.4 is 0 Å². The maximum absolute atomic E-state index is 12.8. The van der Waals surface area contributed by atoms with Crippen molar-refractivity contribution in [3.05, 3.63) is 0 Å². The topological polar surface area (TPSA) is 83.9 Å². The van der Waals surface area contributed by atoms with E-state index in [9.17, 15) is 19.5 Å². The standard InChI is InChI=1S/C16H27NO5SSi/c1-8-11-10(9(16(2,3)4)7-22-24(5)6)12(18)17(11)13(14(19)20)23-15(8)21/h8-11,13,24H,7H2,1-6H3,(H,19,20)/t8-,9-,10+,11-,13?/m1/s1. The fraction of sp³-hybridized carbons (Fsp3) is 0.812. The number of hydrogen-bond acceptors (Lipinski definition) is 5. The minimum atomic E-state index is -1.23. The van der Waals surface area contributed by atoms with Gasteiger partial charge in [0, 0.05) is 12.5 Å². The van der Waals surface area contributed by atoms with E-state index in [1.807, 2.05) is 0 Å². The van der Waals surface area contributed by atoms with Crippen LogP contribution in [0.15, 0.2) is 0 Å². The summed E-state index contributed by atoms with van der Waals surface area (Å²) in [5.74, 6) is -2.02. The molecule has 1 unspecified atom stereocenters. The molecule has 2 saturated heterocycles. The van der Waals surface area contributed by atoms with Gasteiger partial charge in [-0.15, -0.1) is 0 Å². The number of β-lactam (4-membered cyclic amide) rings is 1. The van der Waals surface area contributed by atoms with Crippen molar-refractivity contribution < 1.29 is 23.9 Å². The Hall–Kier alpha value is -0.863. The number of carboxylic acid groups (broad SMARTS) is 1. The first-order chi connectivity index (χ1) is 11.0. The zero-order valence-corrected chi connectivity index (χ0v) is 17.1. The Bertz CT molecular complexity index is 547. The Balaban J connectivity index is 2.30. The molecule has 8 heteroatoms. The molecule has 2 rings (SSSR count). The van der Waals surface area contributed by atoms with Crippen molar-refractivity contribution in [3.8, 4) is 0 Å². The third-order valence-electron chi connectivity index (χ3n) is 4.96. The van der Waals surface area contributed by atoms with Crippen LogP contribution in [-0.2, 0) is 18.8 Å². The summed E-state index contributed by atoms with van der Waals surface area (Å²) < 4.78 is 5.91. The molecule has 1 amide bonds. The van der Waals surface area contributed by atoms with Crippen LogP contribution in [-0.4, -0.2) is 54.1 Å². The molecule has 5 atom stereocenters. The smallest absolute Gasteiger partial charge is 0.337 e. The highest BCUT2D eigenvalue weighted by atomic mass is 32.2. The van der Waals surface area contributed by atoms with Crippen molar-refractivity contribution in [2.24, 2.45) is 23.2 Å². The molecular formula is C16H27NO5SSi. The fourth-order valence-electron chi connectivity index (χ4n) is 3.56. The summed E-state index contributed by atoms with van der Waals surface area (Å²) in [5, 5.41) is 8.12. The largest absolute Gasteiger partial charge is 0.479 e. The van der Waals surface area contributed by atoms with Crippen LogP contribution in [0.1, 0.15) is 27.7 Å². The number of rotatable bonds is 5. The Kier molecular flexibility index (Phi) is 5.51. The number of carbonyl (C=O) groups excluding carboxylic acids is 2. The van der Waals surface area contributed by atoms with E-state index in [2.05, 4.69) is 33.9 Å². The van der Waals surface area contributed by atoms with Crippen molar-refractivity contribution in [1.29, 1.82) is 0 Å². The normalized spacial score (nSPS) is 31.7. The molecule has 0 spiro atoms. The average Bonchev–Trinajstić information content (AvgIpc) is 2.43. The highest BCUT2D eigenvalue weighted by Crippen LogP contribution is 2.50. The van der Waals surface area contributed by atoms with Crippen LogP contribution in [0.25, 0.3) is 0 Å². The minimum Gasteiger partial charge on any atom is -0.479 e. The van der Waals surface area contributed by atoms with Gasteiger partial charge in [-0.2, -0.15) is 0 Å². The molecule has 6 nitrogen and oxygen atoms in total. The number of nitrogens with zero attached hydrogens (tertiary/aromatic N) is 1. The zero-order valence-electron chi connectivity index (χ0n) is 15.1. The van der Waals surface area contributed by atoms with E-state index in [1.54, 1.807) is 6.92 Å². The lowest BCUT2D eigenvalue weighted by atomic mass is 9.64. The lowest BCUT2D eigenvalue weighted by Crippen LogP contribution is -2.73. The predicted octanol–water partition coefficient (Wildman–Crippen LogP) is 1.80. The maximum Gasteiger partial charge on any atom is 0.337 e. The SMILES string of the molecule is C[C@H]1C(=O)SC(C(=O)O)N2C(=O)[C@@H]([C@@H](CO[SiH](C)C)C(C)(C)C)[C@@H]12. The van der Waals surface area contributed by atoms with E-state index >= 15 is 0 Å². The molecule has 2 aliphatic heterocycles. The van der Waals surface area contributed by atoms with Crippen molar-refractivity contribution in [2.75, 3.05) is 6.61 Å². The van der Waals surface area contributed by atoms with Crippen LogP contribution >= 0.6 is 11.8 Å². The summed E-state index contributed by atoms with van der Waals surface area (Å²) in [6.45, 7) is 12.6. The lowest BCUT2D eigenvalue weighted by Gasteiger charge is -2.58. The number of aliphatic carboxylic acids is 1. The quantitative estimate of drug-likeness (QED) is 0.584. The minimum absolute atomic E-state index is 0.0334. The summed E-state index contributed by atoms with van der Waals surface area (Å²) in [6.07, 6.45) is 0. The highest BCUT2D eigenvalue weighted by molar-refractivity contribution is 8.14. The van der Waals surface area contributed by atoms with Gasteiger partial charge in [0.1, 0.15) is 0 Å². The Labute approximate surface area is 149 Å². The Morgan fingerprint density at radius 3 is 2.42 bits per heavy atom. The second-order valence-corrected chi connectivity index (χ2v) is 11.5. The summed E-state index contributed by atoms with van der Waals surface area (Å²) in [6, 6.07) is -0.339. The summed E-state index contributed by atoms with van der Waals surface area (Å²) >= 11 is 0.751. The number of carbonyl (C=O) groups is 3. The molecule has 24 heavy (non-hydrogen) atoms. The van der Waals surface area contributed by atoms with Crippen molar-refractivity contribution in [2.45, 2.75) is 52.2 Å². The molecule has 2 fully saturated rings. The van der Waals surface area contributed by atoms with Crippen LogP contribution in [0.2, 0.25) is 13.1 Å². The van der Waals surface area contributed by atoms with Gasteiger partial charge < -0.3 is 14.4 Å².